The third-order valence-corrected chi connectivity index (χ3v) is 5.99. The Hall–Kier alpha value is -0.120. The molecule has 3 heteroatoms. The fraction of sp³-hybridized carbons (Fsp3) is 1.00. The molecule has 3 fully saturated rings. The standard InChI is InChI=1S/C17H33N3/c1-14(2)16-9-17(10-16)11-19(12-17)13-18-5-7-20(8-6-18)15(3)4/h14-16H,5-13H2,1-4H3. The molecule has 1 aliphatic carbocycles. The third-order valence-electron chi connectivity index (χ3n) is 5.99. The molecular formula is C17H33N3. The molecule has 3 aliphatic rings. The molecule has 116 valence electrons. The normalized spacial score (nSPS) is 29.1. The minimum atomic E-state index is 0.715. The highest BCUT2D eigenvalue weighted by Crippen LogP contribution is 2.54. The van der Waals surface area contributed by atoms with E-state index in [-0.39, 0.29) is 0 Å². The zero-order valence-corrected chi connectivity index (χ0v) is 13.9. The summed E-state index contributed by atoms with van der Waals surface area (Å²) in [6.07, 6.45) is 3.00. The first-order valence-corrected chi connectivity index (χ1v) is 8.66. The van der Waals surface area contributed by atoms with Crippen LogP contribution in [0.25, 0.3) is 0 Å². The lowest BCUT2D eigenvalue weighted by Crippen LogP contribution is -2.65. The quantitative estimate of drug-likeness (QED) is 0.782. The van der Waals surface area contributed by atoms with Crippen LogP contribution in [0.3, 0.4) is 0 Å². The van der Waals surface area contributed by atoms with E-state index in [1.165, 1.54) is 58.8 Å². The average molecular weight is 279 g/mol. The lowest BCUT2D eigenvalue weighted by Gasteiger charge is -2.61. The smallest absolute Gasteiger partial charge is 0.0507 e. The zero-order chi connectivity index (χ0) is 14.3. The highest BCUT2D eigenvalue weighted by molar-refractivity contribution is 5.04. The average Bonchev–Trinajstić information content (AvgIpc) is 2.30. The lowest BCUT2D eigenvalue weighted by atomic mass is 9.55. The van der Waals surface area contributed by atoms with E-state index < -0.39 is 0 Å². The van der Waals surface area contributed by atoms with Crippen LogP contribution in [0.15, 0.2) is 0 Å². The van der Waals surface area contributed by atoms with Crippen molar-refractivity contribution in [3.05, 3.63) is 0 Å². The largest absolute Gasteiger partial charge is 0.298 e. The summed E-state index contributed by atoms with van der Waals surface area (Å²) in [5.74, 6) is 1.92. The summed E-state index contributed by atoms with van der Waals surface area (Å²) < 4.78 is 0. The Morgan fingerprint density at radius 3 is 2.00 bits per heavy atom. The second-order valence-corrected chi connectivity index (χ2v) is 8.29. The van der Waals surface area contributed by atoms with Crippen molar-refractivity contribution in [1.82, 2.24) is 14.7 Å². The first-order chi connectivity index (χ1) is 9.47. The highest BCUT2D eigenvalue weighted by Gasteiger charge is 2.52. The number of piperazine rings is 1. The molecule has 2 heterocycles. The highest BCUT2D eigenvalue weighted by atomic mass is 15.4. The van der Waals surface area contributed by atoms with Gasteiger partial charge in [-0.25, -0.2) is 0 Å². The van der Waals surface area contributed by atoms with Gasteiger partial charge in [0.2, 0.25) is 0 Å². The minimum Gasteiger partial charge on any atom is -0.298 e. The van der Waals surface area contributed by atoms with E-state index in [4.69, 9.17) is 0 Å². The van der Waals surface area contributed by atoms with E-state index in [2.05, 4.69) is 42.4 Å². The fourth-order valence-electron chi connectivity index (χ4n) is 4.49. The summed E-state index contributed by atoms with van der Waals surface area (Å²) in [4.78, 5) is 7.94. The molecule has 2 aliphatic heterocycles. The van der Waals surface area contributed by atoms with Crippen LogP contribution in [0, 0.1) is 17.3 Å². The molecule has 0 amide bonds. The molecule has 0 aromatic rings. The molecule has 1 spiro atoms. The summed E-state index contributed by atoms with van der Waals surface area (Å²) >= 11 is 0. The van der Waals surface area contributed by atoms with Gasteiger partial charge in [-0.1, -0.05) is 13.8 Å². The monoisotopic (exact) mass is 279 g/mol. The molecule has 3 nitrogen and oxygen atoms in total. The summed E-state index contributed by atoms with van der Waals surface area (Å²) in [6, 6.07) is 0.715. The van der Waals surface area contributed by atoms with Crippen molar-refractivity contribution >= 4 is 0 Å². The van der Waals surface area contributed by atoms with Gasteiger partial charge >= 0.3 is 0 Å². The van der Waals surface area contributed by atoms with Gasteiger partial charge in [0.15, 0.2) is 0 Å². The molecule has 0 unspecified atom stereocenters. The number of nitrogens with zero attached hydrogens (tertiary/aromatic N) is 3. The molecular weight excluding hydrogens is 246 g/mol. The molecule has 3 rings (SSSR count). The van der Waals surface area contributed by atoms with Crippen molar-refractivity contribution in [2.75, 3.05) is 45.9 Å². The van der Waals surface area contributed by atoms with Crippen LogP contribution in [-0.4, -0.2) is 66.7 Å². The van der Waals surface area contributed by atoms with E-state index in [9.17, 15) is 0 Å². The number of hydrogen-bond acceptors (Lipinski definition) is 3. The summed E-state index contributed by atoms with van der Waals surface area (Å²) in [7, 11) is 0. The Morgan fingerprint density at radius 2 is 1.50 bits per heavy atom. The number of rotatable bonds is 4. The lowest BCUT2D eigenvalue weighted by molar-refractivity contribution is -0.125. The number of likely N-dealkylation sites (tertiary alicyclic amines) is 1. The maximum atomic E-state index is 2.68. The Labute approximate surface area is 125 Å². The van der Waals surface area contributed by atoms with Crippen LogP contribution in [0.2, 0.25) is 0 Å². The van der Waals surface area contributed by atoms with Crippen molar-refractivity contribution < 1.29 is 0 Å². The fourth-order valence-corrected chi connectivity index (χ4v) is 4.49. The maximum absolute atomic E-state index is 2.68. The van der Waals surface area contributed by atoms with E-state index >= 15 is 0 Å². The molecule has 2 saturated heterocycles. The second-order valence-electron chi connectivity index (χ2n) is 8.29. The molecule has 0 radical (unpaired) electrons. The summed E-state index contributed by atoms with van der Waals surface area (Å²) in [6.45, 7) is 18.4. The van der Waals surface area contributed by atoms with Gasteiger partial charge in [0.25, 0.3) is 0 Å². The molecule has 1 saturated carbocycles. The van der Waals surface area contributed by atoms with E-state index in [1.54, 1.807) is 0 Å². The summed E-state index contributed by atoms with van der Waals surface area (Å²) in [5.41, 5.74) is 0.745. The molecule has 0 aromatic carbocycles. The Kier molecular flexibility index (Phi) is 4.13. The van der Waals surface area contributed by atoms with Crippen molar-refractivity contribution in [3.8, 4) is 0 Å². The minimum absolute atomic E-state index is 0.715. The predicted octanol–water partition coefficient (Wildman–Crippen LogP) is 2.34. The van der Waals surface area contributed by atoms with Crippen LogP contribution in [-0.2, 0) is 0 Å². The van der Waals surface area contributed by atoms with Crippen LogP contribution in [0.1, 0.15) is 40.5 Å². The Morgan fingerprint density at radius 1 is 0.900 bits per heavy atom. The van der Waals surface area contributed by atoms with Gasteiger partial charge in [0, 0.05) is 45.3 Å². The second kappa shape index (κ2) is 5.58. The van der Waals surface area contributed by atoms with Gasteiger partial charge in [-0.15, -0.1) is 0 Å². The van der Waals surface area contributed by atoms with Gasteiger partial charge in [-0.05, 0) is 43.9 Å². The van der Waals surface area contributed by atoms with Gasteiger partial charge in [-0.3, -0.25) is 14.7 Å². The Bertz CT molecular complexity index is 317. The van der Waals surface area contributed by atoms with Crippen LogP contribution in [0.4, 0.5) is 0 Å². The van der Waals surface area contributed by atoms with E-state index in [1.807, 2.05) is 0 Å². The molecule has 0 aromatic heterocycles. The van der Waals surface area contributed by atoms with Crippen molar-refractivity contribution in [1.29, 1.82) is 0 Å². The van der Waals surface area contributed by atoms with E-state index in [0.29, 0.717) is 6.04 Å². The van der Waals surface area contributed by atoms with Gasteiger partial charge in [0.1, 0.15) is 0 Å². The maximum Gasteiger partial charge on any atom is 0.0507 e. The molecule has 0 N–H and O–H groups in total. The molecule has 0 atom stereocenters. The van der Waals surface area contributed by atoms with Crippen LogP contribution in [0.5, 0.6) is 0 Å². The van der Waals surface area contributed by atoms with Crippen molar-refractivity contribution in [3.63, 3.8) is 0 Å². The van der Waals surface area contributed by atoms with Gasteiger partial charge in [-0.2, -0.15) is 0 Å². The zero-order valence-electron chi connectivity index (χ0n) is 13.9. The van der Waals surface area contributed by atoms with Gasteiger partial charge in [0.05, 0.1) is 6.67 Å². The van der Waals surface area contributed by atoms with Crippen LogP contribution >= 0.6 is 0 Å². The topological polar surface area (TPSA) is 9.72 Å². The third kappa shape index (κ3) is 2.90. The molecule has 20 heavy (non-hydrogen) atoms. The van der Waals surface area contributed by atoms with E-state index in [0.717, 1.165) is 17.3 Å². The van der Waals surface area contributed by atoms with Crippen molar-refractivity contribution in [2.24, 2.45) is 17.3 Å². The van der Waals surface area contributed by atoms with Crippen molar-refractivity contribution in [2.45, 2.75) is 46.6 Å². The first-order valence-electron chi connectivity index (χ1n) is 8.66. The number of hydrogen-bond donors (Lipinski definition) is 0. The summed E-state index contributed by atoms with van der Waals surface area (Å²) in [5, 5.41) is 0. The van der Waals surface area contributed by atoms with Crippen LogP contribution < -0.4 is 0 Å². The molecule has 0 bridgehead atoms. The Balaban J connectivity index is 1.34. The first kappa shape index (κ1) is 14.8. The predicted molar refractivity (Wildman–Crippen MR) is 84.7 cm³/mol. The SMILES string of the molecule is CC(C)C1CC2(C1)CN(CN1CCN(C(C)C)CC1)C2. The van der Waals surface area contributed by atoms with Gasteiger partial charge < -0.3 is 0 Å².